The summed E-state index contributed by atoms with van der Waals surface area (Å²) in [5, 5.41) is 8.51. The van der Waals surface area contributed by atoms with Crippen LogP contribution in [0, 0.1) is 0 Å². The standard InChI is InChI=1S/C16H25N5O/c1-19-12-6-7-13(19)11-20(10-8-12)16(22)15-18-17-14-5-3-2-4-9-21(14)15/h12-13H,2-11H2,1H3/t12-,13+/m0/s1. The van der Waals surface area contributed by atoms with Gasteiger partial charge in [0.1, 0.15) is 5.82 Å². The summed E-state index contributed by atoms with van der Waals surface area (Å²) >= 11 is 0. The molecule has 0 aliphatic carbocycles. The molecule has 0 N–H and O–H groups in total. The van der Waals surface area contributed by atoms with Gasteiger partial charge in [-0.05, 0) is 39.2 Å². The zero-order chi connectivity index (χ0) is 15.1. The molecule has 2 fully saturated rings. The van der Waals surface area contributed by atoms with E-state index < -0.39 is 0 Å². The van der Waals surface area contributed by atoms with Crippen molar-refractivity contribution < 1.29 is 4.79 Å². The third-order valence-corrected chi connectivity index (χ3v) is 5.74. The minimum atomic E-state index is 0.0848. The predicted octanol–water partition coefficient (Wildman–Crippen LogP) is 1.31. The normalized spacial score (nSPS) is 29.0. The Labute approximate surface area is 131 Å². The second-order valence-corrected chi connectivity index (χ2v) is 6.99. The van der Waals surface area contributed by atoms with E-state index in [0.717, 1.165) is 51.1 Å². The SMILES string of the molecule is CN1[C@H]2CC[C@@H]1CN(C(=O)c1nnc3n1CCCCC3)CC2. The zero-order valence-corrected chi connectivity index (χ0v) is 13.4. The fourth-order valence-electron chi connectivity index (χ4n) is 4.28. The Hall–Kier alpha value is -1.43. The van der Waals surface area contributed by atoms with Crippen molar-refractivity contribution >= 4 is 5.91 Å². The largest absolute Gasteiger partial charge is 0.334 e. The van der Waals surface area contributed by atoms with Crippen LogP contribution in [0.5, 0.6) is 0 Å². The van der Waals surface area contributed by atoms with E-state index in [0.29, 0.717) is 17.9 Å². The van der Waals surface area contributed by atoms with Gasteiger partial charge in [-0.2, -0.15) is 0 Å². The third-order valence-electron chi connectivity index (χ3n) is 5.74. The van der Waals surface area contributed by atoms with Crippen molar-refractivity contribution in [2.75, 3.05) is 20.1 Å². The van der Waals surface area contributed by atoms with Gasteiger partial charge in [0, 0.05) is 38.1 Å². The lowest BCUT2D eigenvalue weighted by molar-refractivity contribution is 0.0722. The summed E-state index contributed by atoms with van der Waals surface area (Å²) in [6, 6.07) is 1.17. The summed E-state index contributed by atoms with van der Waals surface area (Å²) in [5.41, 5.74) is 0. The smallest absolute Gasteiger partial charge is 0.291 e. The van der Waals surface area contributed by atoms with Gasteiger partial charge in [0.15, 0.2) is 0 Å². The van der Waals surface area contributed by atoms with Crippen LogP contribution >= 0.6 is 0 Å². The summed E-state index contributed by atoms with van der Waals surface area (Å²) in [6.45, 7) is 2.59. The Kier molecular flexibility index (Phi) is 3.64. The molecule has 0 saturated carbocycles. The molecule has 120 valence electrons. The van der Waals surface area contributed by atoms with E-state index in [4.69, 9.17) is 0 Å². The average Bonchev–Trinajstić information content (AvgIpc) is 2.90. The Balaban J connectivity index is 1.56. The first-order chi connectivity index (χ1) is 10.7. The highest BCUT2D eigenvalue weighted by Crippen LogP contribution is 2.29. The molecule has 6 nitrogen and oxygen atoms in total. The zero-order valence-electron chi connectivity index (χ0n) is 13.4. The summed E-state index contributed by atoms with van der Waals surface area (Å²) in [5.74, 6) is 1.65. The molecular weight excluding hydrogens is 278 g/mol. The first-order valence-corrected chi connectivity index (χ1v) is 8.67. The minimum absolute atomic E-state index is 0.0848. The highest BCUT2D eigenvalue weighted by atomic mass is 16.2. The highest BCUT2D eigenvalue weighted by Gasteiger charge is 2.37. The van der Waals surface area contributed by atoms with Gasteiger partial charge in [-0.1, -0.05) is 6.42 Å². The van der Waals surface area contributed by atoms with E-state index in [1.807, 2.05) is 4.90 Å². The molecule has 0 aromatic carbocycles. The molecule has 4 rings (SSSR count). The number of amides is 1. The lowest BCUT2D eigenvalue weighted by atomic mass is 10.1. The van der Waals surface area contributed by atoms with Crippen LogP contribution < -0.4 is 0 Å². The van der Waals surface area contributed by atoms with Crippen molar-refractivity contribution in [3.63, 3.8) is 0 Å². The number of rotatable bonds is 1. The van der Waals surface area contributed by atoms with Crippen molar-refractivity contribution in [1.82, 2.24) is 24.6 Å². The fraction of sp³-hybridized carbons (Fsp3) is 0.812. The van der Waals surface area contributed by atoms with E-state index >= 15 is 0 Å². The first kappa shape index (κ1) is 14.2. The number of carbonyl (C=O) groups excluding carboxylic acids is 1. The van der Waals surface area contributed by atoms with Crippen LogP contribution in [0.1, 0.15) is 55.0 Å². The summed E-state index contributed by atoms with van der Waals surface area (Å²) in [7, 11) is 2.21. The summed E-state index contributed by atoms with van der Waals surface area (Å²) in [4.78, 5) is 17.5. The van der Waals surface area contributed by atoms with Gasteiger partial charge in [0.2, 0.25) is 5.82 Å². The van der Waals surface area contributed by atoms with Crippen molar-refractivity contribution in [1.29, 1.82) is 0 Å². The number of likely N-dealkylation sites (N-methyl/N-ethyl adjacent to an activating group) is 1. The Bertz CT molecular complexity index is 569. The lowest BCUT2D eigenvalue weighted by Crippen LogP contribution is -2.40. The predicted molar refractivity (Wildman–Crippen MR) is 82.7 cm³/mol. The third kappa shape index (κ3) is 2.33. The van der Waals surface area contributed by atoms with Crippen LogP contribution in [0.4, 0.5) is 0 Å². The van der Waals surface area contributed by atoms with Gasteiger partial charge in [-0.25, -0.2) is 0 Å². The molecule has 1 aromatic rings. The van der Waals surface area contributed by atoms with Crippen LogP contribution in [0.15, 0.2) is 0 Å². The second kappa shape index (κ2) is 5.65. The molecule has 0 radical (unpaired) electrons. The maximum atomic E-state index is 13.0. The number of nitrogens with zero attached hydrogens (tertiary/aromatic N) is 5. The minimum Gasteiger partial charge on any atom is -0.334 e. The topological polar surface area (TPSA) is 54.3 Å². The highest BCUT2D eigenvalue weighted by molar-refractivity contribution is 5.90. The van der Waals surface area contributed by atoms with E-state index in [1.54, 1.807) is 0 Å². The number of hydrogen-bond acceptors (Lipinski definition) is 4. The van der Waals surface area contributed by atoms with E-state index in [1.165, 1.54) is 19.3 Å². The van der Waals surface area contributed by atoms with Gasteiger partial charge < -0.3 is 9.47 Å². The molecule has 0 unspecified atom stereocenters. The number of fused-ring (bicyclic) bond motifs is 3. The van der Waals surface area contributed by atoms with E-state index in [2.05, 4.69) is 26.7 Å². The van der Waals surface area contributed by atoms with E-state index in [-0.39, 0.29) is 5.91 Å². The molecule has 3 aliphatic heterocycles. The number of aryl methyl sites for hydroxylation is 1. The van der Waals surface area contributed by atoms with Gasteiger partial charge in [-0.3, -0.25) is 9.69 Å². The number of likely N-dealkylation sites (tertiary alicyclic amines) is 1. The van der Waals surface area contributed by atoms with Crippen molar-refractivity contribution in [3.8, 4) is 0 Å². The van der Waals surface area contributed by atoms with Crippen molar-refractivity contribution in [3.05, 3.63) is 11.6 Å². The molecule has 4 heterocycles. The first-order valence-electron chi connectivity index (χ1n) is 8.67. The average molecular weight is 303 g/mol. The molecule has 0 spiro atoms. The Morgan fingerprint density at radius 2 is 1.91 bits per heavy atom. The Morgan fingerprint density at radius 3 is 2.82 bits per heavy atom. The molecule has 2 saturated heterocycles. The maximum Gasteiger partial charge on any atom is 0.291 e. The van der Waals surface area contributed by atoms with Crippen LogP contribution in [0.2, 0.25) is 0 Å². The fourth-order valence-corrected chi connectivity index (χ4v) is 4.28. The van der Waals surface area contributed by atoms with Gasteiger partial charge >= 0.3 is 0 Å². The molecule has 2 atom stereocenters. The summed E-state index contributed by atoms with van der Waals surface area (Å²) < 4.78 is 2.07. The number of carbonyl (C=O) groups is 1. The number of aromatic nitrogens is 3. The van der Waals surface area contributed by atoms with Crippen LogP contribution in [-0.2, 0) is 13.0 Å². The van der Waals surface area contributed by atoms with Crippen LogP contribution in [0.3, 0.4) is 0 Å². The quantitative estimate of drug-likeness (QED) is 0.785. The van der Waals surface area contributed by atoms with Crippen molar-refractivity contribution in [2.24, 2.45) is 0 Å². The number of hydrogen-bond donors (Lipinski definition) is 0. The molecular formula is C16H25N5O. The maximum absolute atomic E-state index is 13.0. The molecule has 2 bridgehead atoms. The lowest BCUT2D eigenvalue weighted by Gasteiger charge is -2.25. The molecule has 6 heteroatoms. The van der Waals surface area contributed by atoms with Crippen LogP contribution in [0.25, 0.3) is 0 Å². The van der Waals surface area contributed by atoms with Gasteiger partial charge in [0.25, 0.3) is 5.91 Å². The monoisotopic (exact) mass is 303 g/mol. The van der Waals surface area contributed by atoms with Gasteiger partial charge in [0.05, 0.1) is 0 Å². The molecule has 1 amide bonds. The van der Waals surface area contributed by atoms with Gasteiger partial charge in [-0.15, -0.1) is 10.2 Å². The Morgan fingerprint density at radius 1 is 1.05 bits per heavy atom. The van der Waals surface area contributed by atoms with E-state index in [9.17, 15) is 4.79 Å². The van der Waals surface area contributed by atoms with Crippen molar-refractivity contribution in [2.45, 2.75) is 63.6 Å². The second-order valence-electron chi connectivity index (χ2n) is 6.99. The molecule has 1 aromatic heterocycles. The molecule has 3 aliphatic rings. The molecule has 22 heavy (non-hydrogen) atoms. The summed E-state index contributed by atoms with van der Waals surface area (Å²) in [6.07, 6.45) is 8.03. The van der Waals surface area contributed by atoms with Crippen LogP contribution in [-0.4, -0.2) is 62.7 Å².